The Balaban J connectivity index is 1.49. The number of aromatic nitrogens is 2. The molecule has 3 aromatic rings. The highest BCUT2D eigenvalue weighted by molar-refractivity contribution is 5.92. The number of ether oxygens (including phenoxy) is 3. The van der Waals surface area contributed by atoms with E-state index in [0.717, 1.165) is 25.7 Å². The highest BCUT2D eigenvalue weighted by Gasteiger charge is 2.42. The van der Waals surface area contributed by atoms with Gasteiger partial charge in [0.15, 0.2) is 17.7 Å². The number of alkyl halides is 3. The van der Waals surface area contributed by atoms with Crippen molar-refractivity contribution < 1.29 is 37.0 Å². The molecule has 0 amide bonds. The van der Waals surface area contributed by atoms with E-state index in [1.165, 1.54) is 49.9 Å². The average molecular weight is 615 g/mol. The Bertz CT molecular complexity index is 1280. The molecule has 3 rings (SSSR count). The number of nitrogens with zero attached hydrogens (tertiary/aromatic N) is 2. The van der Waals surface area contributed by atoms with E-state index in [0.29, 0.717) is 36.6 Å². The van der Waals surface area contributed by atoms with E-state index < -0.39 is 24.2 Å². The van der Waals surface area contributed by atoms with Gasteiger partial charge in [-0.15, -0.1) is 0 Å². The second-order valence-electron chi connectivity index (χ2n) is 10.6. The molecule has 1 aromatic heterocycles. The van der Waals surface area contributed by atoms with Gasteiger partial charge >= 0.3 is 18.1 Å². The summed E-state index contributed by atoms with van der Waals surface area (Å²) in [7, 11) is 0. The van der Waals surface area contributed by atoms with Crippen molar-refractivity contribution in [1.82, 2.24) is 9.97 Å². The third-order valence-electron chi connectivity index (χ3n) is 7.01. The molecule has 0 aliphatic carbocycles. The first-order valence-corrected chi connectivity index (χ1v) is 15.4. The summed E-state index contributed by atoms with van der Waals surface area (Å²) >= 11 is 0. The number of rotatable bonds is 18. The monoisotopic (exact) mass is 614 g/mol. The molecule has 0 unspecified atom stereocenters. The highest BCUT2D eigenvalue weighted by atomic mass is 19.4. The van der Waals surface area contributed by atoms with Crippen LogP contribution in [0.5, 0.6) is 11.5 Å². The maximum Gasteiger partial charge on any atom is 0.425 e. The zero-order valence-electron chi connectivity index (χ0n) is 25.4. The predicted molar refractivity (Wildman–Crippen MR) is 162 cm³/mol. The van der Waals surface area contributed by atoms with Crippen LogP contribution in [0, 0.1) is 0 Å². The molecule has 0 bridgehead atoms. The predicted octanol–water partition coefficient (Wildman–Crippen LogP) is 9.16. The van der Waals surface area contributed by atoms with Crippen molar-refractivity contribution in [3.63, 3.8) is 0 Å². The Kier molecular flexibility index (Phi) is 14.1. The second-order valence-corrected chi connectivity index (χ2v) is 10.6. The van der Waals surface area contributed by atoms with Crippen LogP contribution in [0.3, 0.4) is 0 Å². The zero-order valence-corrected chi connectivity index (χ0v) is 25.4. The van der Waals surface area contributed by atoms with Crippen LogP contribution < -0.4 is 9.47 Å². The first-order chi connectivity index (χ1) is 21.2. The maximum atomic E-state index is 13.4. The van der Waals surface area contributed by atoms with Gasteiger partial charge in [0, 0.05) is 5.56 Å². The molecule has 0 aliphatic heterocycles. The van der Waals surface area contributed by atoms with Gasteiger partial charge in [0.1, 0.15) is 5.75 Å². The minimum Gasteiger partial charge on any atom is -0.490 e. The van der Waals surface area contributed by atoms with E-state index in [-0.39, 0.29) is 23.3 Å². The number of hydrogen-bond donors (Lipinski definition) is 0. The largest absolute Gasteiger partial charge is 0.490 e. The minimum atomic E-state index is -4.65. The van der Waals surface area contributed by atoms with Crippen LogP contribution in [-0.2, 0) is 4.74 Å². The topological polar surface area (TPSA) is 87.6 Å². The minimum absolute atomic E-state index is 0.0733. The van der Waals surface area contributed by atoms with E-state index in [4.69, 9.17) is 14.2 Å². The Morgan fingerprint density at radius 3 is 1.86 bits per heavy atom. The number of esters is 2. The van der Waals surface area contributed by atoms with Crippen molar-refractivity contribution in [2.75, 3.05) is 6.61 Å². The van der Waals surface area contributed by atoms with Gasteiger partial charge in [-0.05, 0) is 55.7 Å². The summed E-state index contributed by atoms with van der Waals surface area (Å²) in [5.74, 6) is -0.522. The summed E-state index contributed by atoms with van der Waals surface area (Å²) < 4.78 is 55.9. The van der Waals surface area contributed by atoms with Gasteiger partial charge < -0.3 is 14.2 Å². The number of benzene rings is 2. The lowest BCUT2D eigenvalue weighted by Crippen LogP contribution is -2.33. The fraction of sp³-hybridized carbons (Fsp3) is 0.471. The number of carbonyl (C=O) groups excluding carboxylic acids is 2. The third-order valence-corrected chi connectivity index (χ3v) is 7.01. The molecule has 0 spiro atoms. The van der Waals surface area contributed by atoms with Crippen LogP contribution >= 0.6 is 0 Å². The summed E-state index contributed by atoms with van der Waals surface area (Å²) in [6.07, 6.45) is 5.90. The maximum absolute atomic E-state index is 13.4. The lowest BCUT2D eigenvalue weighted by atomic mass is 10.1. The SMILES string of the molecule is CCCCCCCCOc1cnc(-c2ccc(C(=O)Oc3ccc(C(=O)O[C@@H](CCCCCC)C(F)(F)F)cc3)cc2)nc1. The fourth-order valence-corrected chi connectivity index (χ4v) is 4.44. The molecule has 0 N–H and O–H groups in total. The lowest BCUT2D eigenvalue weighted by molar-refractivity contribution is -0.206. The zero-order chi connectivity index (χ0) is 31.8. The van der Waals surface area contributed by atoms with Crippen LogP contribution in [0.2, 0.25) is 0 Å². The first kappa shape index (κ1) is 34.5. The molecule has 1 atom stereocenters. The normalized spacial score (nSPS) is 12.0. The van der Waals surface area contributed by atoms with Crippen molar-refractivity contribution in [3.8, 4) is 22.9 Å². The van der Waals surface area contributed by atoms with Crippen LogP contribution in [0.15, 0.2) is 60.9 Å². The van der Waals surface area contributed by atoms with E-state index in [2.05, 4.69) is 16.9 Å². The van der Waals surface area contributed by atoms with E-state index in [1.54, 1.807) is 36.7 Å². The van der Waals surface area contributed by atoms with Crippen LogP contribution in [-0.4, -0.2) is 40.8 Å². The quantitative estimate of drug-likeness (QED) is 0.0802. The molecule has 44 heavy (non-hydrogen) atoms. The summed E-state index contributed by atoms with van der Waals surface area (Å²) in [6, 6.07) is 11.7. The first-order valence-electron chi connectivity index (χ1n) is 15.4. The van der Waals surface area contributed by atoms with Crippen molar-refractivity contribution >= 4 is 11.9 Å². The lowest BCUT2D eigenvalue weighted by Gasteiger charge is -2.20. The van der Waals surface area contributed by atoms with Crippen LogP contribution in [0.4, 0.5) is 13.2 Å². The van der Waals surface area contributed by atoms with Gasteiger partial charge in [-0.1, -0.05) is 77.3 Å². The Labute approximate surface area is 257 Å². The number of unbranched alkanes of at least 4 members (excludes halogenated alkanes) is 8. The molecule has 1 heterocycles. The van der Waals surface area contributed by atoms with Crippen LogP contribution in [0.25, 0.3) is 11.4 Å². The molecular formula is C34H41F3N2O5. The third kappa shape index (κ3) is 11.6. The number of hydrogen-bond acceptors (Lipinski definition) is 7. The van der Waals surface area contributed by atoms with Gasteiger partial charge in [0.05, 0.1) is 30.1 Å². The molecule has 238 valence electrons. The molecule has 0 saturated heterocycles. The van der Waals surface area contributed by atoms with Gasteiger partial charge in [-0.25, -0.2) is 19.6 Å². The molecular weight excluding hydrogens is 573 g/mol. The molecule has 10 heteroatoms. The molecule has 0 aliphatic rings. The molecule has 0 fully saturated rings. The van der Waals surface area contributed by atoms with Gasteiger partial charge in [-0.2, -0.15) is 13.2 Å². The van der Waals surface area contributed by atoms with E-state index in [1.807, 2.05) is 6.92 Å². The fourth-order valence-electron chi connectivity index (χ4n) is 4.44. The highest BCUT2D eigenvalue weighted by Crippen LogP contribution is 2.28. The van der Waals surface area contributed by atoms with Gasteiger partial charge in [0.25, 0.3) is 0 Å². The molecule has 0 radical (unpaired) electrons. The van der Waals surface area contributed by atoms with Crippen molar-refractivity contribution in [1.29, 1.82) is 0 Å². The second kappa shape index (κ2) is 18.0. The Hall–Kier alpha value is -3.95. The Morgan fingerprint density at radius 1 is 0.705 bits per heavy atom. The molecule has 7 nitrogen and oxygen atoms in total. The summed E-state index contributed by atoms with van der Waals surface area (Å²) in [5.41, 5.74) is 0.900. The van der Waals surface area contributed by atoms with E-state index >= 15 is 0 Å². The standard InChI is InChI=1S/C34H41F3N2O5/c1-3-5-7-9-10-12-22-42-29-23-38-31(39-24-29)25-14-16-26(17-15-25)32(40)43-28-20-18-27(19-21-28)33(41)44-30(34(35,36)37)13-11-8-6-4-2/h14-21,23-24,30H,3-13,22H2,1-2H3/t30-/m0/s1. The molecule has 2 aromatic carbocycles. The average Bonchev–Trinajstić information content (AvgIpc) is 3.02. The number of halogens is 3. The van der Waals surface area contributed by atoms with Gasteiger partial charge in [0.2, 0.25) is 0 Å². The van der Waals surface area contributed by atoms with Gasteiger partial charge in [-0.3, -0.25) is 0 Å². The molecule has 0 saturated carbocycles. The van der Waals surface area contributed by atoms with Crippen molar-refractivity contribution in [2.45, 2.75) is 96.8 Å². The van der Waals surface area contributed by atoms with Crippen molar-refractivity contribution in [2.24, 2.45) is 0 Å². The Morgan fingerprint density at radius 2 is 1.25 bits per heavy atom. The smallest absolute Gasteiger partial charge is 0.425 e. The summed E-state index contributed by atoms with van der Waals surface area (Å²) in [4.78, 5) is 33.7. The summed E-state index contributed by atoms with van der Waals surface area (Å²) in [6.45, 7) is 4.78. The van der Waals surface area contributed by atoms with Crippen molar-refractivity contribution in [3.05, 3.63) is 72.1 Å². The number of carbonyl (C=O) groups is 2. The van der Waals surface area contributed by atoms with E-state index in [9.17, 15) is 22.8 Å². The summed E-state index contributed by atoms with van der Waals surface area (Å²) in [5, 5.41) is 0. The van der Waals surface area contributed by atoms with Crippen LogP contribution in [0.1, 0.15) is 105 Å².